The molecule has 1 aliphatic heterocycles. The van der Waals surface area contributed by atoms with Crippen molar-refractivity contribution in [3.8, 4) is 0 Å². The van der Waals surface area contributed by atoms with Gasteiger partial charge in [0.05, 0.1) is 6.54 Å². The summed E-state index contributed by atoms with van der Waals surface area (Å²) < 4.78 is 0. The van der Waals surface area contributed by atoms with Gasteiger partial charge < -0.3 is 11.1 Å². The van der Waals surface area contributed by atoms with Crippen LogP contribution in [0.2, 0.25) is 0 Å². The van der Waals surface area contributed by atoms with E-state index in [-0.39, 0.29) is 11.3 Å². The van der Waals surface area contributed by atoms with E-state index < -0.39 is 0 Å². The largest absolute Gasteiger partial charge is 0.351 e. The molecule has 5 nitrogen and oxygen atoms in total. The van der Waals surface area contributed by atoms with Crippen molar-refractivity contribution < 1.29 is 4.79 Å². The van der Waals surface area contributed by atoms with Crippen LogP contribution < -0.4 is 11.1 Å². The fourth-order valence-corrected chi connectivity index (χ4v) is 2.39. The van der Waals surface area contributed by atoms with Gasteiger partial charge in [-0.15, -0.1) is 0 Å². The molecule has 0 radical (unpaired) electrons. The summed E-state index contributed by atoms with van der Waals surface area (Å²) in [6, 6.07) is 3.82. The molecule has 0 aromatic carbocycles. The van der Waals surface area contributed by atoms with Crippen molar-refractivity contribution >= 4 is 5.91 Å². The first kappa shape index (κ1) is 14.0. The molecule has 5 heteroatoms. The maximum absolute atomic E-state index is 11.9. The van der Waals surface area contributed by atoms with Crippen molar-refractivity contribution in [3.63, 3.8) is 0 Å². The minimum absolute atomic E-state index is 0.0603. The van der Waals surface area contributed by atoms with Gasteiger partial charge in [-0.2, -0.15) is 0 Å². The molecule has 1 atom stereocenters. The van der Waals surface area contributed by atoms with Gasteiger partial charge in [-0.05, 0) is 36.6 Å². The van der Waals surface area contributed by atoms with Crippen LogP contribution in [0.3, 0.4) is 0 Å². The Bertz CT molecular complexity index is 423. The highest BCUT2D eigenvalue weighted by Crippen LogP contribution is 2.27. The van der Waals surface area contributed by atoms with Gasteiger partial charge >= 0.3 is 0 Å². The number of rotatable bonds is 5. The molecule has 1 unspecified atom stereocenters. The van der Waals surface area contributed by atoms with E-state index in [1.807, 2.05) is 12.1 Å². The second-order valence-electron chi connectivity index (χ2n) is 5.61. The Morgan fingerprint density at radius 3 is 3.11 bits per heavy atom. The third-order valence-corrected chi connectivity index (χ3v) is 3.71. The van der Waals surface area contributed by atoms with Crippen molar-refractivity contribution in [2.24, 2.45) is 11.1 Å². The van der Waals surface area contributed by atoms with Gasteiger partial charge in [0.25, 0.3) is 0 Å². The minimum Gasteiger partial charge on any atom is -0.351 e. The van der Waals surface area contributed by atoms with Crippen LogP contribution in [-0.4, -0.2) is 42.0 Å². The molecule has 2 heterocycles. The van der Waals surface area contributed by atoms with E-state index in [1.54, 1.807) is 12.4 Å². The Balaban J connectivity index is 1.74. The number of carbonyl (C=O) groups is 1. The van der Waals surface area contributed by atoms with Crippen LogP contribution in [0.15, 0.2) is 24.5 Å². The normalized spacial score (nSPS) is 23.5. The molecular weight excluding hydrogens is 240 g/mol. The second kappa shape index (κ2) is 6.12. The van der Waals surface area contributed by atoms with E-state index in [1.165, 1.54) is 0 Å². The summed E-state index contributed by atoms with van der Waals surface area (Å²) >= 11 is 0. The summed E-state index contributed by atoms with van der Waals surface area (Å²) in [5.74, 6) is 0.0603. The third-order valence-electron chi connectivity index (χ3n) is 3.71. The average Bonchev–Trinajstić information content (AvgIpc) is 2.80. The van der Waals surface area contributed by atoms with E-state index in [0.717, 1.165) is 25.1 Å². The first-order chi connectivity index (χ1) is 9.11. The van der Waals surface area contributed by atoms with Crippen molar-refractivity contribution in [1.82, 2.24) is 15.2 Å². The summed E-state index contributed by atoms with van der Waals surface area (Å²) in [7, 11) is 0. The maximum atomic E-state index is 11.9. The SMILES string of the molecule is CC1(CN)CCN(CC(=O)NCc2cccnc2)C1. The van der Waals surface area contributed by atoms with Gasteiger partial charge in [0.1, 0.15) is 0 Å². The van der Waals surface area contributed by atoms with E-state index in [0.29, 0.717) is 19.6 Å². The number of hydrogen-bond donors (Lipinski definition) is 2. The van der Waals surface area contributed by atoms with Crippen molar-refractivity contribution in [2.75, 3.05) is 26.2 Å². The summed E-state index contributed by atoms with van der Waals surface area (Å²) in [4.78, 5) is 18.1. The molecule has 0 bridgehead atoms. The zero-order valence-corrected chi connectivity index (χ0v) is 11.4. The molecule has 19 heavy (non-hydrogen) atoms. The molecule has 0 spiro atoms. The molecular formula is C14H22N4O. The van der Waals surface area contributed by atoms with Gasteiger partial charge in [-0.25, -0.2) is 0 Å². The fraction of sp³-hybridized carbons (Fsp3) is 0.571. The lowest BCUT2D eigenvalue weighted by Crippen LogP contribution is -2.38. The molecule has 3 N–H and O–H groups in total. The van der Waals surface area contributed by atoms with E-state index >= 15 is 0 Å². The molecule has 104 valence electrons. The van der Waals surface area contributed by atoms with Crippen LogP contribution in [0.4, 0.5) is 0 Å². The van der Waals surface area contributed by atoms with Crippen molar-refractivity contribution in [1.29, 1.82) is 0 Å². The lowest BCUT2D eigenvalue weighted by atomic mass is 9.90. The van der Waals surface area contributed by atoms with Crippen LogP contribution >= 0.6 is 0 Å². The zero-order valence-electron chi connectivity index (χ0n) is 11.4. The van der Waals surface area contributed by atoms with Crippen LogP contribution in [0.1, 0.15) is 18.9 Å². The average molecular weight is 262 g/mol. The monoisotopic (exact) mass is 262 g/mol. The standard InChI is InChI=1S/C14H22N4O/c1-14(10-15)4-6-18(11-14)9-13(19)17-8-12-3-2-5-16-7-12/h2-3,5,7H,4,6,8-11,15H2,1H3,(H,17,19). The molecule has 1 aromatic rings. The molecule has 0 aliphatic carbocycles. The van der Waals surface area contributed by atoms with Gasteiger partial charge in [0.15, 0.2) is 0 Å². The predicted molar refractivity (Wildman–Crippen MR) is 74.3 cm³/mol. The number of amides is 1. The number of nitrogens with one attached hydrogen (secondary N) is 1. The molecule has 1 amide bonds. The van der Waals surface area contributed by atoms with Crippen LogP contribution in [0.25, 0.3) is 0 Å². The maximum Gasteiger partial charge on any atom is 0.234 e. The Hall–Kier alpha value is -1.46. The van der Waals surface area contributed by atoms with Crippen LogP contribution in [0, 0.1) is 5.41 Å². The first-order valence-electron chi connectivity index (χ1n) is 6.69. The van der Waals surface area contributed by atoms with Gasteiger partial charge in [-0.3, -0.25) is 14.7 Å². The molecule has 0 saturated carbocycles. The van der Waals surface area contributed by atoms with Crippen LogP contribution in [0.5, 0.6) is 0 Å². The quantitative estimate of drug-likeness (QED) is 0.804. The highest BCUT2D eigenvalue weighted by Gasteiger charge is 2.32. The molecule has 2 rings (SSSR count). The van der Waals surface area contributed by atoms with E-state index in [9.17, 15) is 4.79 Å². The predicted octanol–water partition coefficient (Wildman–Crippen LogP) is 0.369. The summed E-state index contributed by atoms with van der Waals surface area (Å²) in [5.41, 5.74) is 6.95. The van der Waals surface area contributed by atoms with E-state index in [4.69, 9.17) is 5.73 Å². The molecule has 1 saturated heterocycles. The highest BCUT2D eigenvalue weighted by atomic mass is 16.2. The number of pyridine rings is 1. The summed E-state index contributed by atoms with van der Waals surface area (Å²) in [6.07, 6.45) is 4.56. The topological polar surface area (TPSA) is 71.2 Å². The second-order valence-corrected chi connectivity index (χ2v) is 5.61. The third kappa shape index (κ3) is 4.01. The Labute approximate surface area is 114 Å². The van der Waals surface area contributed by atoms with Gasteiger partial charge in [-0.1, -0.05) is 13.0 Å². The van der Waals surface area contributed by atoms with Crippen molar-refractivity contribution in [2.45, 2.75) is 19.9 Å². The Morgan fingerprint density at radius 1 is 1.63 bits per heavy atom. The van der Waals surface area contributed by atoms with Gasteiger partial charge in [0, 0.05) is 25.5 Å². The lowest BCUT2D eigenvalue weighted by Gasteiger charge is -2.22. The van der Waals surface area contributed by atoms with E-state index in [2.05, 4.69) is 22.1 Å². The number of aromatic nitrogens is 1. The van der Waals surface area contributed by atoms with Gasteiger partial charge in [0.2, 0.25) is 5.91 Å². The minimum atomic E-state index is 0.0603. The molecule has 1 aliphatic rings. The fourth-order valence-electron chi connectivity index (χ4n) is 2.39. The Kier molecular flexibility index (Phi) is 4.50. The highest BCUT2D eigenvalue weighted by molar-refractivity contribution is 5.78. The summed E-state index contributed by atoms with van der Waals surface area (Å²) in [5, 5.41) is 2.92. The Morgan fingerprint density at radius 2 is 2.47 bits per heavy atom. The van der Waals surface area contributed by atoms with Crippen LogP contribution in [-0.2, 0) is 11.3 Å². The smallest absolute Gasteiger partial charge is 0.234 e. The summed E-state index contributed by atoms with van der Waals surface area (Å²) in [6.45, 7) is 5.71. The number of hydrogen-bond acceptors (Lipinski definition) is 4. The number of carbonyl (C=O) groups excluding carboxylic acids is 1. The number of likely N-dealkylation sites (tertiary alicyclic amines) is 1. The number of nitrogens with zero attached hydrogens (tertiary/aromatic N) is 2. The van der Waals surface area contributed by atoms with Crippen molar-refractivity contribution in [3.05, 3.63) is 30.1 Å². The molecule has 1 fully saturated rings. The first-order valence-corrected chi connectivity index (χ1v) is 6.69. The number of nitrogens with two attached hydrogens (primary N) is 1. The zero-order chi connectivity index (χ0) is 13.7. The molecule has 1 aromatic heterocycles. The lowest BCUT2D eigenvalue weighted by molar-refractivity contribution is -0.122.